The third kappa shape index (κ3) is 1.59. The first kappa shape index (κ1) is 7.98. The minimum atomic E-state index is 0.253. The Morgan fingerprint density at radius 2 is 2.23 bits per heavy atom. The van der Waals surface area contributed by atoms with Crippen molar-refractivity contribution in [2.75, 3.05) is 0 Å². The molecule has 1 unspecified atom stereocenters. The molecular formula is C10H11N3. The van der Waals surface area contributed by atoms with E-state index in [0.717, 1.165) is 0 Å². The Labute approximate surface area is 77.0 Å². The molecule has 13 heavy (non-hydrogen) atoms. The molecule has 0 radical (unpaired) electrons. The fourth-order valence-corrected chi connectivity index (χ4v) is 1.29. The van der Waals surface area contributed by atoms with Crippen LogP contribution in [0.5, 0.6) is 0 Å². The molecule has 66 valence electrons. The molecular weight excluding hydrogens is 162 g/mol. The molecule has 0 saturated carbocycles. The van der Waals surface area contributed by atoms with Gasteiger partial charge in [-0.15, -0.1) is 0 Å². The van der Waals surface area contributed by atoms with Crippen molar-refractivity contribution < 1.29 is 0 Å². The van der Waals surface area contributed by atoms with Gasteiger partial charge in [0.25, 0.3) is 0 Å². The van der Waals surface area contributed by atoms with Crippen molar-refractivity contribution in [1.82, 2.24) is 14.8 Å². The van der Waals surface area contributed by atoms with Crippen LogP contribution in [0.2, 0.25) is 0 Å². The van der Waals surface area contributed by atoms with Crippen LogP contribution < -0.4 is 0 Å². The second kappa shape index (κ2) is 3.39. The van der Waals surface area contributed by atoms with Gasteiger partial charge >= 0.3 is 0 Å². The van der Waals surface area contributed by atoms with Crippen molar-refractivity contribution in [3.63, 3.8) is 0 Å². The van der Waals surface area contributed by atoms with E-state index in [1.165, 1.54) is 5.56 Å². The highest BCUT2D eigenvalue weighted by molar-refractivity contribution is 5.13. The lowest BCUT2D eigenvalue weighted by Crippen LogP contribution is -2.06. The van der Waals surface area contributed by atoms with E-state index in [-0.39, 0.29) is 6.04 Å². The lowest BCUT2D eigenvalue weighted by molar-refractivity contribution is 0.563. The smallest absolute Gasteiger partial charge is 0.0755 e. The highest BCUT2D eigenvalue weighted by Gasteiger charge is 2.05. The maximum absolute atomic E-state index is 4.18. The predicted octanol–water partition coefficient (Wildman–Crippen LogP) is 1.89. The molecule has 2 heterocycles. The quantitative estimate of drug-likeness (QED) is 0.694. The molecule has 0 bridgehead atoms. The molecule has 2 rings (SSSR count). The molecule has 0 aliphatic rings. The summed E-state index contributed by atoms with van der Waals surface area (Å²) in [6, 6.07) is 6.17. The van der Waals surface area contributed by atoms with E-state index in [4.69, 9.17) is 0 Å². The Morgan fingerprint density at radius 3 is 2.85 bits per heavy atom. The van der Waals surface area contributed by atoms with E-state index >= 15 is 0 Å². The van der Waals surface area contributed by atoms with Crippen molar-refractivity contribution in [1.29, 1.82) is 0 Å². The lowest BCUT2D eigenvalue weighted by Gasteiger charge is -2.11. The molecule has 0 aliphatic carbocycles. The van der Waals surface area contributed by atoms with Gasteiger partial charge in [0, 0.05) is 24.8 Å². The first-order chi connectivity index (χ1) is 6.38. The van der Waals surface area contributed by atoms with Crippen molar-refractivity contribution in [3.8, 4) is 0 Å². The third-order valence-corrected chi connectivity index (χ3v) is 2.09. The second-order valence-electron chi connectivity index (χ2n) is 2.95. The standard InChI is InChI=1S/C10H11N3/c1-9(13-7-3-6-12-13)10-4-2-5-11-8-10/h2-9H,1H3. The third-order valence-electron chi connectivity index (χ3n) is 2.09. The largest absolute Gasteiger partial charge is 0.265 e. The molecule has 0 aliphatic heterocycles. The van der Waals surface area contributed by atoms with E-state index in [1.807, 2.05) is 29.2 Å². The van der Waals surface area contributed by atoms with Gasteiger partial charge in [0.1, 0.15) is 0 Å². The normalized spacial score (nSPS) is 12.7. The Balaban J connectivity index is 2.29. The summed E-state index contributed by atoms with van der Waals surface area (Å²) >= 11 is 0. The summed E-state index contributed by atoms with van der Waals surface area (Å²) in [6.45, 7) is 2.10. The summed E-state index contributed by atoms with van der Waals surface area (Å²) < 4.78 is 1.91. The molecule has 0 spiro atoms. The van der Waals surface area contributed by atoms with Gasteiger partial charge in [0.2, 0.25) is 0 Å². The zero-order chi connectivity index (χ0) is 9.10. The van der Waals surface area contributed by atoms with Crippen molar-refractivity contribution in [3.05, 3.63) is 48.5 Å². The van der Waals surface area contributed by atoms with Gasteiger partial charge in [0.15, 0.2) is 0 Å². The maximum Gasteiger partial charge on any atom is 0.0755 e. The Bertz CT molecular complexity index is 353. The van der Waals surface area contributed by atoms with E-state index in [9.17, 15) is 0 Å². The van der Waals surface area contributed by atoms with Gasteiger partial charge in [-0.2, -0.15) is 5.10 Å². The molecule has 1 atom stereocenters. The first-order valence-electron chi connectivity index (χ1n) is 4.27. The summed E-state index contributed by atoms with van der Waals surface area (Å²) in [5, 5.41) is 4.18. The predicted molar refractivity (Wildman–Crippen MR) is 50.3 cm³/mol. The van der Waals surface area contributed by atoms with E-state index in [2.05, 4.69) is 23.1 Å². The van der Waals surface area contributed by atoms with Crippen LogP contribution in [0.1, 0.15) is 18.5 Å². The van der Waals surface area contributed by atoms with Crippen LogP contribution in [0, 0.1) is 0 Å². The highest BCUT2D eigenvalue weighted by atomic mass is 15.3. The number of aromatic nitrogens is 3. The maximum atomic E-state index is 4.18. The van der Waals surface area contributed by atoms with Crippen LogP contribution >= 0.6 is 0 Å². The molecule has 0 fully saturated rings. The van der Waals surface area contributed by atoms with Crippen LogP contribution in [-0.4, -0.2) is 14.8 Å². The number of rotatable bonds is 2. The van der Waals surface area contributed by atoms with Crippen LogP contribution in [0.15, 0.2) is 43.0 Å². The molecule has 0 N–H and O–H groups in total. The number of nitrogens with zero attached hydrogens (tertiary/aromatic N) is 3. The van der Waals surface area contributed by atoms with Crippen molar-refractivity contribution in [2.24, 2.45) is 0 Å². The lowest BCUT2D eigenvalue weighted by atomic mass is 10.1. The van der Waals surface area contributed by atoms with Gasteiger partial charge in [0.05, 0.1) is 6.04 Å². The molecule has 2 aromatic rings. The first-order valence-corrected chi connectivity index (χ1v) is 4.27. The highest BCUT2D eigenvalue weighted by Crippen LogP contribution is 2.14. The average Bonchev–Trinajstić information content (AvgIpc) is 2.71. The van der Waals surface area contributed by atoms with E-state index in [1.54, 1.807) is 12.4 Å². The van der Waals surface area contributed by atoms with Gasteiger partial charge in [-0.3, -0.25) is 9.67 Å². The monoisotopic (exact) mass is 173 g/mol. The van der Waals surface area contributed by atoms with Crippen LogP contribution in [-0.2, 0) is 0 Å². The fraction of sp³-hybridized carbons (Fsp3) is 0.200. The summed E-state index contributed by atoms with van der Waals surface area (Å²) in [6.07, 6.45) is 7.39. The van der Waals surface area contributed by atoms with Gasteiger partial charge < -0.3 is 0 Å². The van der Waals surface area contributed by atoms with Crippen LogP contribution in [0.25, 0.3) is 0 Å². The zero-order valence-electron chi connectivity index (χ0n) is 7.46. The van der Waals surface area contributed by atoms with Crippen molar-refractivity contribution >= 4 is 0 Å². The molecule has 2 aromatic heterocycles. The van der Waals surface area contributed by atoms with Gasteiger partial charge in [-0.05, 0) is 24.6 Å². The molecule has 0 saturated heterocycles. The summed E-state index contributed by atoms with van der Waals surface area (Å²) in [4.78, 5) is 4.07. The molecule has 3 nitrogen and oxygen atoms in total. The van der Waals surface area contributed by atoms with Crippen LogP contribution in [0.4, 0.5) is 0 Å². The number of hydrogen-bond acceptors (Lipinski definition) is 2. The zero-order valence-corrected chi connectivity index (χ0v) is 7.46. The van der Waals surface area contributed by atoms with Gasteiger partial charge in [-0.25, -0.2) is 0 Å². The Hall–Kier alpha value is -1.64. The summed E-state index contributed by atoms with van der Waals surface area (Å²) in [5.41, 5.74) is 1.17. The summed E-state index contributed by atoms with van der Waals surface area (Å²) in [7, 11) is 0. The average molecular weight is 173 g/mol. The van der Waals surface area contributed by atoms with E-state index < -0.39 is 0 Å². The SMILES string of the molecule is CC(c1cccnc1)n1cccn1. The minimum absolute atomic E-state index is 0.253. The topological polar surface area (TPSA) is 30.7 Å². The van der Waals surface area contributed by atoms with Gasteiger partial charge in [-0.1, -0.05) is 6.07 Å². The minimum Gasteiger partial charge on any atom is -0.265 e. The van der Waals surface area contributed by atoms with E-state index in [0.29, 0.717) is 0 Å². The number of pyridine rings is 1. The number of hydrogen-bond donors (Lipinski definition) is 0. The molecule has 3 heteroatoms. The Morgan fingerprint density at radius 1 is 1.31 bits per heavy atom. The van der Waals surface area contributed by atoms with Crippen molar-refractivity contribution in [2.45, 2.75) is 13.0 Å². The molecule has 0 amide bonds. The molecule has 0 aromatic carbocycles. The summed E-state index contributed by atoms with van der Waals surface area (Å²) in [5.74, 6) is 0. The van der Waals surface area contributed by atoms with Crippen LogP contribution in [0.3, 0.4) is 0 Å². The Kier molecular flexibility index (Phi) is 2.08. The fourth-order valence-electron chi connectivity index (χ4n) is 1.29. The second-order valence-corrected chi connectivity index (χ2v) is 2.95.